The first-order valence-corrected chi connectivity index (χ1v) is 8.22. The van der Waals surface area contributed by atoms with Crippen molar-refractivity contribution in [2.45, 2.75) is 33.2 Å². The number of hydrogen-bond acceptors (Lipinski definition) is 3. The minimum absolute atomic E-state index is 0.0268. The molecule has 0 bridgehead atoms. The molecule has 0 radical (unpaired) electrons. The number of nitrogens with one attached hydrogen (secondary N) is 2. The molecule has 24 heavy (non-hydrogen) atoms. The molecule has 1 aromatic carbocycles. The van der Waals surface area contributed by atoms with Gasteiger partial charge in [-0.25, -0.2) is 0 Å². The molecule has 0 saturated heterocycles. The van der Waals surface area contributed by atoms with Crippen molar-refractivity contribution >= 4 is 17.5 Å². The Balaban J connectivity index is 1.95. The first-order chi connectivity index (χ1) is 11.6. The maximum atomic E-state index is 12.1. The minimum atomic E-state index is -0.172. The van der Waals surface area contributed by atoms with Crippen molar-refractivity contribution in [1.82, 2.24) is 10.3 Å². The molecule has 0 unspecified atom stereocenters. The van der Waals surface area contributed by atoms with Gasteiger partial charge in [-0.05, 0) is 42.7 Å². The number of rotatable bonds is 7. The lowest BCUT2D eigenvalue weighted by atomic mass is 10.0. The largest absolute Gasteiger partial charge is 0.348 e. The molecule has 0 aliphatic rings. The normalized spacial score (nSPS) is 10.5. The third kappa shape index (κ3) is 4.91. The highest BCUT2D eigenvalue weighted by atomic mass is 16.2. The van der Waals surface area contributed by atoms with E-state index in [4.69, 9.17) is 0 Å². The summed E-state index contributed by atoms with van der Waals surface area (Å²) in [5.41, 5.74) is 2.20. The fraction of sp³-hybridized carbons (Fsp3) is 0.316. The molecule has 0 fully saturated rings. The van der Waals surface area contributed by atoms with E-state index in [-0.39, 0.29) is 17.7 Å². The van der Waals surface area contributed by atoms with Gasteiger partial charge in [0.1, 0.15) is 0 Å². The third-order valence-corrected chi connectivity index (χ3v) is 3.93. The van der Waals surface area contributed by atoms with Gasteiger partial charge in [0.05, 0.1) is 5.56 Å². The molecule has 0 saturated carbocycles. The summed E-state index contributed by atoms with van der Waals surface area (Å²) >= 11 is 0. The van der Waals surface area contributed by atoms with Gasteiger partial charge in [0.2, 0.25) is 5.91 Å². The van der Waals surface area contributed by atoms with Gasteiger partial charge < -0.3 is 10.6 Å². The van der Waals surface area contributed by atoms with E-state index in [1.165, 1.54) is 6.20 Å². The van der Waals surface area contributed by atoms with Crippen molar-refractivity contribution in [1.29, 1.82) is 0 Å². The lowest BCUT2D eigenvalue weighted by Gasteiger charge is -2.13. The number of carbonyl (C=O) groups is 2. The van der Waals surface area contributed by atoms with E-state index in [0.717, 1.165) is 24.1 Å². The maximum Gasteiger partial charge on any atom is 0.253 e. The number of nitrogens with zero attached hydrogens (tertiary/aromatic N) is 1. The van der Waals surface area contributed by atoms with E-state index in [0.29, 0.717) is 12.1 Å². The van der Waals surface area contributed by atoms with E-state index >= 15 is 0 Å². The van der Waals surface area contributed by atoms with Gasteiger partial charge in [-0.15, -0.1) is 0 Å². The van der Waals surface area contributed by atoms with E-state index in [2.05, 4.69) is 15.6 Å². The average molecular weight is 325 g/mol. The molecule has 2 rings (SSSR count). The second-order valence-corrected chi connectivity index (χ2v) is 5.63. The van der Waals surface area contributed by atoms with Crippen LogP contribution >= 0.6 is 0 Å². The fourth-order valence-corrected chi connectivity index (χ4v) is 2.44. The molecule has 0 atom stereocenters. The zero-order chi connectivity index (χ0) is 17.4. The Morgan fingerprint density at radius 3 is 2.58 bits per heavy atom. The Hall–Kier alpha value is -2.69. The summed E-state index contributed by atoms with van der Waals surface area (Å²) in [6.07, 6.45) is 4.80. The summed E-state index contributed by atoms with van der Waals surface area (Å²) < 4.78 is 0. The lowest BCUT2D eigenvalue weighted by molar-refractivity contribution is -0.120. The van der Waals surface area contributed by atoms with Gasteiger partial charge in [-0.1, -0.05) is 26.0 Å². The highest BCUT2D eigenvalue weighted by molar-refractivity contribution is 5.94. The van der Waals surface area contributed by atoms with Crippen molar-refractivity contribution in [2.24, 2.45) is 5.92 Å². The van der Waals surface area contributed by atoms with Gasteiger partial charge in [0.25, 0.3) is 5.91 Å². The third-order valence-electron chi connectivity index (χ3n) is 3.93. The quantitative estimate of drug-likeness (QED) is 0.820. The molecule has 5 heteroatoms. The zero-order valence-electron chi connectivity index (χ0n) is 14.1. The molecule has 2 aromatic rings. The van der Waals surface area contributed by atoms with Crippen LogP contribution in [0.3, 0.4) is 0 Å². The molecule has 1 aromatic heterocycles. The van der Waals surface area contributed by atoms with Crippen molar-refractivity contribution in [3.8, 4) is 0 Å². The molecule has 2 amide bonds. The van der Waals surface area contributed by atoms with Crippen LogP contribution in [0.5, 0.6) is 0 Å². The van der Waals surface area contributed by atoms with Gasteiger partial charge in [-0.2, -0.15) is 0 Å². The number of hydrogen-bond donors (Lipinski definition) is 2. The van der Waals surface area contributed by atoms with Crippen LogP contribution in [0.25, 0.3) is 0 Å². The van der Waals surface area contributed by atoms with Crippen LogP contribution in [0.15, 0.2) is 48.8 Å². The summed E-state index contributed by atoms with van der Waals surface area (Å²) in [5, 5.41) is 5.79. The van der Waals surface area contributed by atoms with Crippen LogP contribution in [0.1, 0.15) is 42.6 Å². The Labute approximate surface area is 142 Å². The first kappa shape index (κ1) is 17.7. The zero-order valence-corrected chi connectivity index (χ0v) is 14.1. The Morgan fingerprint density at radius 1 is 1.12 bits per heavy atom. The molecule has 0 spiro atoms. The van der Waals surface area contributed by atoms with Crippen LogP contribution in [0, 0.1) is 5.92 Å². The van der Waals surface area contributed by atoms with E-state index in [1.54, 1.807) is 18.3 Å². The monoisotopic (exact) mass is 325 g/mol. The Kier molecular flexibility index (Phi) is 6.49. The highest BCUT2D eigenvalue weighted by Gasteiger charge is 2.14. The molecule has 1 heterocycles. The molecule has 0 aliphatic heterocycles. The molecule has 2 N–H and O–H groups in total. The minimum Gasteiger partial charge on any atom is -0.348 e. The number of aromatic nitrogens is 1. The number of pyridine rings is 1. The summed E-state index contributed by atoms with van der Waals surface area (Å²) in [6.45, 7) is 4.42. The van der Waals surface area contributed by atoms with Gasteiger partial charge in [0.15, 0.2) is 0 Å². The molecule has 0 aliphatic carbocycles. The molecule has 5 nitrogen and oxygen atoms in total. The van der Waals surface area contributed by atoms with Crippen molar-refractivity contribution in [3.05, 3.63) is 59.9 Å². The fourth-order valence-electron chi connectivity index (χ4n) is 2.44. The second kappa shape index (κ2) is 8.82. The van der Waals surface area contributed by atoms with E-state index in [1.807, 2.05) is 38.1 Å². The Morgan fingerprint density at radius 2 is 1.92 bits per heavy atom. The summed E-state index contributed by atoms with van der Waals surface area (Å²) in [4.78, 5) is 28.1. The molecule has 126 valence electrons. The molecular weight excluding hydrogens is 302 g/mol. The summed E-state index contributed by atoms with van der Waals surface area (Å²) in [6, 6.07) is 11.0. The first-order valence-electron chi connectivity index (χ1n) is 8.22. The SMILES string of the molecule is CCC(CC)C(=O)Nc1cccc(CNC(=O)c2cccnc2)c1. The van der Waals surface area contributed by atoms with Gasteiger partial charge in [0, 0.05) is 30.5 Å². The number of benzene rings is 1. The van der Waals surface area contributed by atoms with Crippen LogP contribution < -0.4 is 10.6 Å². The molecular formula is C19H23N3O2. The van der Waals surface area contributed by atoms with Crippen molar-refractivity contribution in [2.75, 3.05) is 5.32 Å². The maximum absolute atomic E-state index is 12.1. The second-order valence-electron chi connectivity index (χ2n) is 5.63. The number of carbonyl (C=O) groups excluding carboxylic acids is 2. The van der Waals surface area contributed by atoms with Crippen molar-refractivity contribution < 1.29 is 9.59 Å². The van der Waals surface area contributed by atoms with Gasteiger partial charge in [-0.3, -0.25) is 14.6 Å². The van der Waals surface area contributed by atoms with Crippen LogP contribution in [-0.2, 0) is 11.3 Å². The summed E-state index contributed by atoms with van der Waals surface area (Å²) in [5.74, 6) is -0.106. The topological polar surface area (TPSA) is 71.1 Å². The van der Waals surface area contributed by atoms with Gasteiger partial charge >= 0.3 is 0 Å². The smallest absolute Gasteiger partial charge is 0.253 e. The van der Waals surface area contributed by atoms with E-state index < -0.39 is 0 Å². The van der Waals surface area contributed by atoms with Crippen LogP contribution in [-0.4, -0.2) is 16.8 Å². The lowest BCUT2D eigenvalue weighted by Crippen LogP contribution is -2.23. The number of anilines is 1. The number of amides is 2. The highest BCUT2D eigenvalue weighted by Crippen LogP contribution is 2.15. The predicted octanol–water partition coefficient (Wildman–Crippen LogP) is 3.39. The van der Waals surface area contributed by atoms with E-state index in [9.17, 15) is 9.59 Å². The van der Waals surface area contributed by atoms with Crippen LogP contribution in [0.2, 0.25) is 0 Å². The standard InChI is InChI=1S/C19H23N3O2/c1-3-15(4-2)19(24)22-17-9-5-7-14(11-17)12-21-18(23)16-8-6-10-20-13-16/h5-11,13,15H,3-4,12H2,1-2H3,(H,21,23)(H,22,24). The summed E-state index contributed by atoms with van der Waals surface area (Å²) in [7, 11) is 0. The predicted molar refractivity (Wildman–Crippen MR) is 94.6 cm³/mol. The van der Waals surface area contributed by atoms with Crippen LogP contribution in [0.4, 0.5) is 5.69 Å². The Bertz CT molecular complexity index is 682. The average Bonchev–Trinajstić information content (AvgIpc) is 2.62. The van der Waals surface area contributed by atoms with Crippen molar-refractivity contribution in [3.63, 3.8) is 0 Å².